The summed E-state index contributed by atoms with van der Waals surface area (Å²) in [5.74, 6) is 1.31. The van der Waals surface area contributed by atoms with Crippen LogP contribution in [0.2, 0.25) is 0 Å². The number of benzene rings is 1. The van der Waals surface area contributed by atoms with Gasteiger partial charge in [-0.25, -0.2) is 0 Å². The minimum Gasteiger partial charge on any atom is -0.481 e. The van der Waals surface area contributed by atoms with Crippen LogP contribution in [0.1, 0.15) is 74.7 Å². The van der Waals surface area contributed by atoms with Gasteiger partial charge in [0.1, 0.15) is 0 Å². The third-order valence-corrected chi connectivity index (χ3v) is 6.90. The van der Waals surface area contributed by atoms with Crippen molar-refractivity contribution in [2.24, 2.45) is 5.92 Å². The van der Waals surface area contributed by atoms with Gasteiger partial charge in [0.25, 0.3) is 0 Å². The van der Waals surface area contributed by atoms with E-state index in [0.29, 0.717) is 30.2 Å². The summed E-state index contributed by atoms with van der Waals surface area (Å²) in [4.78, 5) is 15.5. The van der Waals surface area contributed by atoms with Gasteiger partial charge < -0.3 is 14.8 Å². The fraction of sp³-hybridized carbons (Fsp3) is 0.440. The summed E-state index contributed by atoms with van der Waals surface area (Å²) < 4.78 is 5.71. The van der Waals surface area contributed by atoms with Crippen LogP contribution < -0.4 is 5.32 Å². The van der Waals surface area contributed by atoms with E-state index in [1.54, 1.807) is 6.20 Å². The zero-order chi connectivity index (χ0) is 21.9. The van der Waals surface area contributed by atoms with Crippen molar-refractivity contribution in [1.29, 1.82) is 0 Å². The lowest BCUT2D eigenvalue weighted by Gasteiger charge is -2.28. The number of anilines is 2. The Morgan fingerprint density at radius 3 is 2.38 bits per heavy atom. The molecule has 2 aliphatic carbocycles. The van der Waals surface area contributed by atoms with Crippen molar-refractivity contribution < 1.29 is 14.3 Å². The average Bonchev–Trinajstić information content (AvgIpc) is 3.21. The van der Waals surface area contributed by atoms with Crippen LogP contribution >= 0.6 is 0 Å². The smallest absolute Gasteiger partial charge is 0.320 e. The summed E-state index contributed by atoms with van der Waals surface area (Å²) in [6.45, 7) is 0. The number of hydrogen-bond acceptors (Lipinski definition) is 6. The minimum atomic E-state index is -0.679. The number of nitrogens with one attached hydrogen (secondary N) is 1. The first kappa shape index (κ1) is 20.7. The molecule has 2 fully saturated rings. The normalized spacial score (nSPS) is 21.1. The van der Waals surface area contributed by atoms with Crippen molar-refractivity contribution in [3.63, 3.8) is 0 Å². The van der Waals surface area contributed by atoms with Crippen molar-refractivity contribution in [3.8, 4) is 11.3 Å². The van der Waals surface area contributed by atoms with E-state index >= 15 is 0 Å². The Balaban J connectivity index is 1.18. The van der Waals surface area contributed by atoms with Gasteiger partial charge in [0.2, 0.25) is 5.89 Å². The molecule has 1 aromatic carbocycles. The monoisotopic (exact) mass is 432 g/mol. The van der Waals surface area contributed by atoms with Crippen LogP contribution in [-0.4, -0.2) is 26.3 Å². The number of rotatable bonds is 7. The Bertz CT molecular complexity index is 1050. The van der Waals surface area contributed by atoms with E-state index in [1.807, 2.05) is 12.1 Å². The molecule has 0 amide bonds. The zero-order valence-corrected chi connectivity index (χ0v) is 18.0. The number of nitrogens with zero attached hydrogens (tertiary/aromatic N) is 3. The maximum absolute atomic E-state index is 10.9. The average molecular weight is 433 g/mol. The Morgan fingerprint density at radius 1 is 0.969 bits per heavy atom. The lowest BCUT2D eigenvalue weighted by atomic mass is 9.77. The fourth-order valence-electron chi connectivity index (χ4n) is 4.74. The van der Waals surface area contributed by atoms with Crippen LogP contribution in [0.3, 0.4) is 0 Å². The first-order chi connectivity index (χ1) is 15.6. The molecule has 2 aliphatic rings. The highest BCUT2D eigenvalue weighted by atomic mass is 16.4. The molecular formula is C25H28N4O3. The summed E-state index contributed by atoms with van der Waals surface area (Å²) in [5.41, 5.74) is 4.13. The maximum atomic E-state index is 10.9. The number of hydrogen-bond donors (Lipinski definition) is 2. The van der Waals surface area contributed by atoms with Crippen LogP contribution in [-0.2, 0) is 4.79 Å². The highest BCUT2D eigenvalue weighted by molar-refractivity contribution is 5.67. The first-order valence-electron chi connectivity index (χ1n) is 11.5. The van der Waals surface area contributed by atoms with Crippen LogP contribution in [0.4, 0.5) is 11.7 Å². The molecule has 0 atom stereocenters. The van der Waals surface area contributed by atoms with Gasteiger partial charge in [-0.1, -0.05) is 35.8 Å². The number of carboxylic acids is 1. The van der Waals surface area contributed by atoms with Crippen molar-refractivity contribution in [1.82, 2.24) is 15.2 Å². The number of pyridine rings is 1. The van der Waals surface area contributed by atoms with Gasteiger partial charge in [0, 0.05) is 17.9 Å². The Morgan fingerprint density at radius 2 is 1.75 bits per heavy atom. The first-order valence-corrected chi connectivity index (χ1v) is 11.5. The topological polar surface area (TPSA) is 101 Å². The molecule has 166 valence electrons. The summed E-state index contributed by atoms with van der Waals surface area (Å²) in [6.07, 6.45) is 9.69. The Kier molecular flexibility index (Phi) is 5.88. The van der Waals surface area contributed by atoms with E-state index in [9.17, 15) is 4.79 Å². The molecule has 0 bridgehead atoms. The lowest BCUT2D eigenvalue weighted by molar-refractivity contribution is -0.138. The predicted octanol–water partition coefficient (Wildman–Crippen LogP) is 5.89. The molecule has 0 radical (unpaired) electrons. The van der Waals surface area contributed by atoms with Gasteiger partial charge in [-0.05, 0) is 68.1 Å². The summed E-state index contributed by atoms with van der Waals surface area (Å²) in [5, 5.41) is 20.3. The molecule has 2 aromatic heterocycles. The highest BCUT2D eigenvalue weighted by Crippen LogP contribution is 2.38. The van der Waals surface area contributed by atoms with Crippen LogP contribution in [0.15, 0.2) is 47.0 Å². The number of carboxylic acid groups (broad SMARTS) is 1. The SMILES string of the molecule is O=C(O)CC1CCC(c2ccc(-c3ccc(Nc4nnc(C5CCC5)o4)cn3)cc2)CC1. The summed E-state index contributed by atoms with van der Waals surface area (Å²) in [6, 6.07) is 13.0. The quantitative estimate of drug-likeness (QED) is 0.480. The molecule has 5 rings (SSSR count). The second-order valence-electron chi connectivity index (χ2n) is 9.07. The van der Waals surface area contributed by atoms with Gasteiger partial charge in [-0.3, -0.25) is 9.78 Å². The number of aliphatic carboxylic acids is 1. The molecule has 2 N–H and O–H groups in total. The van der Waals surface area contributed by atoms with Crippen LogP contribution in [0, 0.1) is 5.92 Å². The van der Waals surface area contributed by atoms with Gasteiger partial charge in [-0.2, -0.15) is 0 Å². The van der Waals surface area contributed by atoms with Gasteiger partial charge in [-0.15, -0.1) is 5.10 Å². The molecule has 32 heavy (non-hydrogen) atoms. The van der Waals surface area contributed by atoms with Gasteiger partial charge in [0.05, 0.1) is 17.6 Å². The van der Waals surface area contributed by atoms with Gasteiger partial charge in [0.15, 0.2) is 0 Å². The predicted molar refractivity (Wildman–Crippen MR) is 121 cm³/mol. The van der Waals surface area contributed by atoms with E-state index in [-0.39, 0.29) is 0 Å². The molecule has 7 nitrogen and oxygen atoms in total. The summed E-state index contributed by atoms with van der Waals surface area (Å²) >= 11 is 0. The van der Waals surface area contributed by atoms with E-state index in [0.717, 1.165) is 61.4 Å². The number of carbonyl (C=O) groups is 1. The van der Waals surface area contributed by atoms with Crippen molar-refractivity contribution >= 4 is 17.7 Å². The third kappa shape index (κ3) is 4.66. The largest absolute Gasteiger partial charge is 0.481 e. The molecule has 0 aliphatic heterocycles. The molecule has 7 heteroatoms. The molecular weight excluding hydrogens is 404 g/mol. The van der Waals surface area contributed by atoms with Crippen molar-refractivity contribution in [3.05, 3.63) is 54.0 Å². The molecule has 0 saturated heterocycles. The minimum absolute atomic E-state index is 0.302. The zero-order valence-electron chi connectivity index (χ0n) is 18.0. The fourth-order valence-corrected chi connectivity index (χ4v) is 4.74. The molecule has 0 spiro atoms. The van der Waals surface area contributed by atoms with Gasteiger partial charge >= 0.3 is 12.0 Å². The second-order valence-corrected chi connectivity index (χ2v) is 9.07. The van der Waals surface area contributed by atoms with E-state index in [1.165, 1.54) is 12.0 Å². The third-order valence-electron chi connectivity index (χ3n) is 6.90. The second kappa shape index (κ2) is 9.10. The summed E-state index contributed by atoms with van der Waals surface area (Å²) in [7, 11) is 0. The highest BCUT2D eigenvalue weighted by Gasteiger charge is 2.25. The Hall–Kier alpha value is -3.22. The lowest BCUT2D eigenvalue weighted by Crippen LogP contribution is -2.16. The van der Waals surface area contributed by atoms with E-state index in [4.69, 9.17) is 9.52 Å². The molecule has 2 heterocycles. The standard InChI is InChI=1S/C25H28N4O3/c30-23(31)14-16-4-6-17(7-5-16)18-8-10-19(11-9-18)22-13-12-21(15-26-22)27-25-29-28-24(32-25)20-2-1-3-20/h8-13,15-17,20H,1-7,14H2,(H,27,29)(H,30,31). The Labute approximate surface area is 187 Å². The molecule has 2 saturated carbocycles. The van der Waals surface area contributed by atoms with Crippen LogP contribution in [0.5, 0.6) is 0 Å². The van der Waals surface area contributed by atoms with Crippen molar-refractivity contribution in [2.75, 3.05) is 5.32 Å². The van der Waals surface area contributed by atoms with Crippen molar-refractivity contribution in [2.45, 2.75) is 63.2 Å². The molecule has 3 aromatic rings. The maximum Gasteiger partial charge on any atom is 0.320 e. The van der Waals surface area contributed by atoms with E-state index in [2.05, 4.69) is 44.8 Å². The van der Waals surface area contributed by atoms with E-state index < -0.39 is 5.97 Å². The van der Waals surface area contributed by atoms with Crippen LogP contribution in [0.25, 0.3) is 11.3 Å². The molecule has 0 unspecified atom stereocenters. The number of aromatic nitrogens is 3.